The molecule has 2 amide bonds. The molecule has 0 spiro atoms. The second kappa shape index (κ2) is 15.6. The van der Waals surface area contributed by atoms with Crippen molar-refractivity contribution in [3.8, 4) is 0 Å². The molecule has 11 heteroatoms. The molecule has 0 aromatic heterocycles. The van der Waals surface area contributed by atoms with Gasteiger partial charge < -0.3 is 10.2 Å². The maximum Gasteiger partial charge on any atom is 0.264 e. The fraction of sp³-hybridized carbons (Fsp3) is 0.235. The van der Waals surface area contributed by atoms with E-state index in [1.165, 1.54) is 35.2 Å². The summed E-state index contributed by atoms with van der Waals surface area (Å²) in [5, 5.41) is 3.81. The number of rotatable bonds is 13. The number of hydrogen-bond acceptors (Lipinski definition) is 4. The van der Waals surface area contributed by atoms with E-state index in [1.54, 1.807) is 42.5 Å². The molecule has 4 aromatic carbocycles. The van der Waals surface area contributed by atoms with Crippen LogP contribution in [0.5, 0.6) is 0 Å². The van der Waals surface area contributed by atoms with Gasteiger partial charge in [-0.15, -0.1) is 0 Å². The predicted molar refractivity (Wildman–Crippen MR) is 181 cm³/mol. The van der Waals surface area contributed by atoms with Crippen molar-refractivity contribution in [2.24, 2.45) is 0 Å². The number of nitrogens with zero attached hydrogens (tertiary/aromatic N) is 2. The molecular weight excluding hydrogens is 653 g/mol. The monoisotopic (exact) mass is 685 g/mol. The zero-order valence-corrected chi connectivity index (χ0v) is 28.0. The molecule has 0 aliphatic rings. The van der Waals surface area contributed by atoms with Crippen molar-refractivity contribution in [1.29, 1.82) is 0 Å². The van der Waals surface area contributed by atoms with Crippen molar-refractivity contribution < 1.29 is 18.0 Å². The van der Waals surface area contributed by atoms with Crippen molar-refractivity contribution >= 4 is 62.3 Å². The highest BCUT2D eigenvalue weighted by Gasteiger charge is 2.35. The molecule has 4 aromatic rings. The largest absolute Gasteiger partial charge is 0.352 e. The third-order valence-corrected chi connectivity index (χ3v) is 9.91. The smallest absolute Gasteiger partial charge is 0.264 e. The average Bonchev–Trinajstić information content (AvgIpc) is 3.02. The maximum atomic E-state index is 14.5. The lowest BCUT2D eigenvalue weighted by Gasteiger charge is -2.34. The highest BCUT2D eigenvalue weighted by molar-refractivity contribution is 7.92. The van der Waals surface area contributed by atoms with Gasteiger partial charge in [0.1, 0.15) is 12.6 Å². The zero-order valence-electron chi connectivity index (χ0n) is 24.9. The van der Waals surface area contributed by atoms with Gasteiger partial charge in [-0.25, -0.2) is 8.42 Å². The lowest BCUT2D eigenvalue weighted by Crippen LogP contribution is -2.54. The summed E-state index contributed by atoms with van der Waals surface area (Å²) in [7, 11) is -4.28. The first-order chi connectivity index (χ1) is 21.5. The van der Waals surface area contributed by atoms with Crippen LogP contribution in [0.1, 0.15) is 31.4 Å². The predicted octanol–water partition coefficient (Wildman–Crippen LogP) is 7.40. The molecule has 0 saturated carbocycles. The van der Waals surface area contributed by atoms with E-state index < -0.39 is 28.5 Å². The second-order valence-corrected chi connectivity index (χ2v) is 13.7. The molecule has 0 aliphatic carbocycles. The van der Waals surface area contributed by atoms with E-state index >= 15 is 0 Å². The number of hydrogen-bond donors (Lipinski definition) is 1. The van der Waals surface area contributed by atoms with E-state index in [4.69, 9.17) is 34.8 Å². The van der Waals surface area contributed by atoms with Crippen molar-refractivity contribution in [2.75, 3.05) is 10.8 Å². The van der Waals surface area contributed by atoms with E-state index in [1.807, 2.05) is 44.2 Å². The number of halogens is 3. The van der Waals surface area contributed by atoms with Crippen LogP contribution in [0.3, 0.4) is 0 Å². The molecular formula is C34H34Cl3N3O4S. The van der Waals surface area contributed by atoms with Crippen LogP contribution < -0.4 is 9.62 Å². The average molecular weight is 687 g/mol. The van der Waals surface area contributed by atoms with Crippen LogP contribution >= 0.6 is 34.8 Å². The molecule has 0 saturated heterocycles. The molecule has 0 radical (unpaired) electrons. The lowest BCUT2D eigenvalue weighted by molar-refractivity contribution is -0.140. The van der Waals surface area contributed by atoms with Crippen LogP contribution in [0.2, 0.25) is 15.1 Å². The van der Waals surface area contributed by atoms with Crippen LogP contribution in [0.25, 0.3) is 0 Å². The van der Waals surface area contributed by atoms with Gasteiger partial charge in [0, 0.05) is 34.1 Å². The summed E-state index contributed by atoms with van der Waals surface area (Å²) in [6.45, 7) is 3.15. The van der Waals surface area contributed by atoms with Crippen molar-refractivity contribution in [3.05, 3.63) is 129 Å². The Bertz CT molecular complexity index is 1700. The van der Waals surface area contributed by atoms with Gasteiger partial charge in [0.15, 0.2) is 0 Å². The molecule has 4 rings (SSSR count). The summed E-state index contributed by atoms with van der Waals surface area (Å²) in [5.74, 6) is -0.984. The Kier molecular flexibility index (Phi) is 11.9. The van der Waals surface area contributed by atoms with Gasteiger partial charge in [0.05, 0.1) is 10.6 Å². The molecule has 1 N–H and O–H groups in total. The van der Waals surface area contributed by atoms with Crippen LogP contribution in [-0.2, 0) is 32.6 Å². The molecule has 0 fully saturated rings. The van der Waals surface area contributed by atoms with E-state index in [0.29, 0.717) is 17.0 Å². The first-order valence-corrected chi connectivity index (χ1v) is 17.0. The number of sulfonamides is 1. The second-order valence-electron chi connectivity index (χ2n) is 10.6. The fourth-order valence-electron chi connectivity index (χ4n) is 4.74. The van der Waals surface area contributed by atoms with Crippen molar-refractivity contribution in [3.63, 3.8) is 0 Å². The SMILES string of the molecule is CC[C@@H](C)NC(=O)[C@H](Cc1ccccc1)N(Cc1ccccc1Cl)C(=O)CN(c1cc(Cl)cc(Cl)c1)S(=O)(=O)c1ccccc1. The molecule has 2 atom stereocenters. The molecule has 7 nitrogen and oxygen atoms in total. The Morgan fingerprint density at radius 3 is 2.00 bits per heavy atom. The van der Waals surface area contributed by atoms with Crippen molar-refractivity contribution in [2.45, 2.75) is 50.2 Å². The summed E-state index contributed by atoms with van der Waals surface area (Å²) in [6, 6.07) is 27.3. The molecule has 236 valence electrons. The normalized spacial score (nSPS) is 12.6. The zero-order chi connectivity index (χ0) is 32.6. The molecule has 0 heterocycles. The third kappa shape index (κ3) is 9.01. The van der Waals surface area contributed by atoms with E-state index in [2.05, 4.69) is 5.32 Å². The third-order valence-electron chi connectivity index (χ3n) is 7.32. The first-order valence-electron chi connectivity index (χ1n) is 14.4. The number of anilines is 1. The number of nitrogens with one attached hydrogen (secondary N) is 1. The van der Waals surface area contributed by atoms with Gasteiger partial charge in [0.2, 0.25) is 11.8 Å². The summed E-state index contributed by atoms with van der Waals surface area (Å²) in [5.41, 5.74) is 1.53. The van der Waals surface area contributed by atoms with Crippen LogP contribution in [-0.4, -0.2) is 43.8 Å². The molecule has 45 heavy (non-hydrogen) atoms. The van der Waals surface area contributed by atoms with Crippen LogP contribution in [0.4, 0.5) is 5.69 Å². The van der Waals surface area contributed by atoms with E-state index in [-0.39, 0.29) is 45.5 Å². The number of amides is 2. The minimum atomic E-state index is -4.28. The van der Waals surface area contributed by atoms with E-state index in [0.717, 1.165) is 9.87 Å². The Balaban J connectivity index is 1.83. The number of carbonyl (C=O) groups is 2. The Labute approximate surface area is 279 Å². The van der Waals surface area contributed by atoms with E-state index in [9.17, 15) is 18.0 Å². The lowest BCUT2D eigenvalue weighted by atomic mass is 10.0. The van der Waals surface area contributed by atoms with Gasteiger partial charge in [-0.2, -0.15) is 0 Å². The Hall–Kier alpha value is -3.56. The van der Waals surface area contributed by atoms with Gasteiger partial charge in [-0.3, -0.25) is 13.9 Å². The summed E-state index contributed by atoms with van der Waals surface area (Å²) in [4.78, 5) is 29.8. The van der Waals surface area contributed by atoms with Crippen LogP contribution in [0, 0.1) is 0 Å². The van der Waals surface area contributed by atoms with Crippen molar-refractivity contribution in [1.82, 2.24) is 10.2 Å². The van der Waals surface area contributed by atoms with Crippen LogP contribution in [0.15, 0.2) is 108 Å². The van der Waals surface area contributed by atoms with Gasteiger partial charge >= 0.3 is 0 Å². The molecule has 0 bridgehead atoms. The molecule has 0 aliphatic heterocycles. The summed E-state index contributed by atoms with van der Waals surface area (Å²) < 4.78 is 29.1. The Morgan fingerprint density at radius 1 is 0.822 bits per heavy atom. The number of carbonyl (C=O) groups excluding carboxylic acids is 2. The standard InChI is InChI=1S/C34H34Cl3N3O4S/c1-3-24(2)38-34(42)32(18-25-12-6-4-7-13-25)39(22-26-14-10-11-17-31(26)37)33(41)23-40(29-20-27(35)19-28(36)21-29)45(43,44)30-15-8-5-9-16-30/h4-17,19-21,24,32H,3,18,22-23H2,1-2H3,(H,38,42)/t24-,32+/m1/s1. The summed E-state index contributed by atoms with van der Waals surface area (Å²) in [6.07, 6.45) is 0.870. The minimum Gasteiger partial charge on any atom is -0.352 e. The van der Waals surface area contributed by atoms with Gasteiger partial charge in [0.25, 0.3) is 10.0 Å². The Morgan fingerprint density at radius 2 is 1.40 bits per heavy atom. The van der Waals surface area contributed by atoms with Gasteiger partial charge in [-0.1, -0.05) is 108 Å². The topological polar surface area (TPSA) is 86.8 Å². The summed E-state index contributed by atoms with van der Waals surface area (Å²) >= 11 is 19.1. The molecule has 0 unspecified atom stereocenters. The quantitative estimate of drug-likeness (QED) is 0.159. The first kappa shape index (κ1) is 34.3. The fourth-order valence-corrected chi connectivity index (χ4v) is 6.87. The maximum absolute atomic E-state index is 14.5. The minimum absolute atomic E-state index is 0.0260. The van der Waals surface area contributed by atoms with Gasteiger partial charge in [-0.05, 0) is 60.9 Å². The number of benzene rings is 4. The highest BCUT2D eigenvalue weighted by Crippen LogP contribution is 2.30. The highest BCUT2D eigenvalue weighted by atomic mass is 35.5.